The Morgan fingerprint density at radius 1 is 0.250 bits per heavy atom. The Balaban J connectivity index is 0.969. The average molecular weight is 865 g/mol. The minimum atomic E-state index is 0.887. The highest BCUT2D eigenvalue weighted by Gasteiger charge is 2.24. The number of aromatic nitrogens is 6. The molecule has 4 aromatic heterocycles. The quantitative estimate of drug-likeness (QED) is 0.166. The van der Waals surface area contributed by atoms with Crippen molar-refractivity contribution in [1.29, 1.82) is 0 Å². The van der Waals surface area contributed by atoms with E-state index in [-0.39, 0.29) is 0 Å². The largest absolute Gasteiger partial charge is 0.277 e. The van der Waals surface area contributed by atoms with Crippen LogP contribution in [0.1, 0.15) is 0 Å². The van der Waals surface area contributed by atoms with Crippen LogP contribution in [0.25, 0.3) is 143 Å². The summed E-state index contributed by atoms with van der Waals surface area (Å²) in [5.74, 6) is 1.77. The van der Waals surface area contributed by atoms with Gasteiger partial charge in [-0.3, -0.25) is 17.9 Å². The van der Waals surface area contributed by atoms with Crippen LogP contribution in [0.4, 0.5) is 0 Å². The first-order chi connectivity index (χ1) is 33.8. The predicted molar refractivity (Wildman–Crippen MR) is 283 cm³/mol. The first-order valence-electron chi connectivity index (χ1n) is 23.3. The molecular weight excluding hydrogens is 829 g/mol. The fraction of sp³-hybridized carbons (Fsp3) is 0. The van der Waals surface area contributed by atoms with Gasteiger partial charge in [0, 0.05) is 10.8 Å². The summed E-state index contributed by atoms with van der Waals surface area (Å²) in [6.45, 7) is 0. The normalized spacial score (nSPS) is 12.4. The Hall–Kier alpha value is -9.26. The third-order valence-corrected chi connectivity index (χ3v) is 14.7. The Kier molecular flexibility index (Phi) is 6.98. The number of fused-ring (bicyclic) bond motifs is 22. The van der Waals surface area contributed by atoms with Crippen molar-refractivity contribution in [2.45, 2.75) is 0 Å². The standard InChI is InChI=1S/C62H36N6/c1-3-17-43-39(15-1)41-19-5-7-21-45(41)59-47(43)23-13-29-55(59)67-53-33-31-37(35-57(53)65-51-27-11-9-25-49(51)63-61(65)67)38-32-34-54-58(36-38)66-52-28-12-10-26-50(52)64-62(66)68(54)56-30-14-24-48-44-18-4-2-16-40(44)42-20-6-8-22-46(42)60(48)56/h1-36H. The van der Waals surface area contributed by atoms with E-state index in [1.165, 1.54) is 64.6 Å². The van der Waals surface area contributed by atoms with Crippen LogP contribution >= 0.6 is 0 Å². The van der Waals surface area contributed by atoms with E-state index in [1.54, 1.807) is 0 Å². The van der Waals surface area contributed by atoms with E-state index in [2.05, 4.69) is 236 Å². The highest BCUT2D eigenvalue weighted by atomic mass is 15.2. The summed E-state index contributed by atoms with van der Waals surface area (Å²) in [4.78, 5) is 10.8. The molecule has 314 valence electrons. The number of nitrogens with zero attached hydrogens (tertiary/aromatic N) is 6. The molecule has 6 heteroatoms. The van der Waals surface area contributed by atoms with E-state index in [0.717, 1.165) is 78.2 Å². The second kappa shape index (κ2) is 13.2. The van der Waals surface area contributed by atoms with Crippen molar-refractivity contribution in [1.82, 2.24) is 27.9 Å². The van der Waals surface area contributed by atoms with E-state index in [4.69, 9.17) is 9.97 Å². The van der Waals surface area contributed by atoms with Crippen LogP contribution in [0, 0.1) is 0 Å². The second-order valence-corrected chi connectivity index (χ2v) is 18.1. The van der Waals surface area contributed by atoms with Crippen LogP contribution in [0.5, 0.6) is 0 Å². The molecule has 0 saturated heterocycles. The number of imidazole rings is 4. The van der Waals surface area contributed by atoms with E-state index < -0.39 is 0 Å². The van der Waals surface area contributed by atoms with Gasteiger partial charge in [0.1, 0.15) is 0 Å². The lowest BCUT2D eigenvalue weighted by molar-refractivity contribution is 1.12. The minimum Gasteiger partial charge on any atom is -0.277 e. The van der Waals surface area contributed by atoms with Gasteiger partial charge in [0.05, 0.1) is 55.5 Å². The van der Waals surface area contributed by atoms with E-state index in [1.807, 2.05) is 0 Å². The second-order valence-electron chi connectivity index (χ2n) is 18.1. The fourth-order valence-corrected chi connectivity index (χ4v) is 11.9. The van der Waals surface area contributed by atoms with Crippen LogP contribution in [-0.4, -0.2) is 27.9 Å². The maximum atomic E-state index is 5.38. The number of hydrogen-bond donors (Lipinski definition) is 0. The summed E-state index contributed by atoms with van der Waals surface area (Å²) in [6, 6.07) is 79.5. The van der Waals surface area contributed by atoms with Gasteiger partial charge < -0.3 is 0 Å². The van der Waals surface area contributed by atoms with Crippen molar-refractivity contribution in [3.63, 3.8) is 0 Å². The number of hydrogen-bond acceptors (Lipinski definition) is 2. The van der Waals surface area contributed by atoms with Crippen molar-refractivity contribution < 1.29 is 0 Å². The van der Waals surface area contributed by atoms with E-state index >= 15 is 0 Å². The van der Waals surface area contributed by atoms with E-state index in [0.29, 0.717) is 0 Å². The van der Waals surface area contributed by atoms with Crippen LogP contribution in [-0.2, 0) is 0 Å². The lowest BCUT2D eigenvalue weighted by Crippen LogP contribution is -1.98. The summed E-state index contributed by atoms with van der Waals surface area (Å²) in [5.41, 5.74) is 12.9. The Bertz CT molecular complexity index is 4470. The maximum Gasteiger partial charge on any atom is 0.220 e. The van der Waals surface area contributed by atoms with Crippen molar-refractivity contribution >= 4 is 120 Å². The van der Waals surface area contributed by atoms with Gasteiger partial charge in [-0.15, -0.1) is 0 Å². The van der Waals surface area contributed by atoms with Gasteiger partial charge in [-0.25, -0.2) is 9.97 Å². The molecule has 4 heterocycles. The monoisotopic (exact) mass is 864 g/mol. The van der Waals surface area contributed by atoms with Gasteiger partial charge >= 0.3 is 0 Å². The molecule has 0 saturated carbocycles. The molecule has 16 rings (SSSR count). The molecule has 0 N–H and O–H groups in total. The van der Waals surface area contributed by atoms with Crippen LogP contribution < -0.4 is 0 Å². The highest BCUT2D eigenvalue weighted by molar-refractivity contribution is 6.29. The predicted octanol–water partition coefficient (Wildman–Crippen LogP) is 15.8. The molecule has 6 nitrogen and oxygen atoms in total. The Morgan fingerprint density at radius 2 is 0.574 bits per heavy atom. The molecule has 0 aliphatic rings. The molecule has 0 unspecified atom stereocenters. The van der Waals surface area contributed by atoms with Crippen molar-refractivity contribution in [3.8, 4) is 22.5 Å². The fourth-order valence-electron chi connectivity index (χ4n) is 11.9. The zero-order valence-electron chi connectivity index (χ0n) is 36.5. The Labute approximate surface area is 387 Å². The summed E-state index contributed by atoms with van der Waals surface area (Å²) in [5, 5.41) is 14.9. The number of para-hydroxylation sites is 4. The molecule has 0 aliphatic carbocycles. The van der Waals surface area contributed by atoms with Gasteiger partial charge in [-0.05, 0) is 126 Å². The maximum absolute atomic E-state index is 5.38. The van der Waals surface area contributed by atoms with Gasteiger partial charge in [-0.2, -0.15) is 0 Å². The van der Waals surface area contributed by atoms with Crippen molar-refractivity contribution in [2.75, 3.05) is 0 Å². The van der Waals surface area contributed by atoms with Crippen molar-refractivity contribution in [2.24, 2.45) is 0 Å². The third kappa shape index (κ3) is 4.65. The summed E-state index contributed by atoms with van der Waals surface area (Å²) >= 11 is 0. The lowest BCUT2D eigenvalue weighted by Gasteiger charge is -2.15. The third-order valence-electron chi connectivity index (χ3n) is 14.7. The molecule has 0 aliphatic heterocycles. The molecule has 0 bridgehead atoms. The molecule has 12 aromatic carbocycles. The van der Waals surface area contributed by atoms with Gasteiger partial charge in [-0.1, -0.05) is 158 Å². The first kappa shape index (κ1) is 36.0. The SMILES string of the molecule is c1ccc2c(c1)nc1n(-c3cccc4c5ccccc5c5ccccc5c34)c3ccc(-c4ccc5c(c4)n4c6ccccc6nc4n5-c4cccc5c6ccccc6c6ccccc6c45)cc3n21. The van der Waals surface area contributed by atoms with Crippen molar-refractivity contribution in [3.05, 3.63) is 218 Å². The van der Waals surface area contributed by atoms with Crippen LogP contribution in [0.3, 0.4) is 0 Å². The smallest absolute Gasteiger partial charge is 0.220 e. The minimum absolute atomic E-state index is 0.887. The topological polar surface area (TPSA) is 44.5 Å². The highest BCUT2D eigenvalue weighted by Crippen LogP contribution is 2.43. The van der Waals surface area contributed by atoms with Crippen LogP contribution in [0.15, 0.2) is 218 Å². The number of rotatable bonds is 3. The first-order valence-corrected chi connectivity index (χ1v) is 23.3. The number of benzene rings is 12. The van der Waals surface area contributed by atoms with E-state index in [9.17, 15) is 0 Å². The molecule has 0 radical (unpaired) electrons. The molecule has 0 amide bonds. The average Bonchev–Trinajstić information content (AvgIpc) is 4.15. The molecule has 16 aromatic rings. The van der Waals surface area contributed by atoms with Gasteiger partial charge in [0.15, 0.2) is 0 Å². The zero-order valence-corrected chi connectivity index (χ0v) is 36.5. The Morgan fingerprint density at radius 3 is 0.971 bits per heavy atom. The zero-order chi connectivity index (χ0) is 44.2. The van der Waals surface area contributed by atoms with Crippen LogP contribution in [0.2, 0.25) is 0 Å². The summed E-state index contributed by atoms with van der Waals surface area (Å²) in [6.07, 6.45) is 0. The summed E-state index contributed by atoms with van der Waals surface area (Å²) < 4.78 is 9.46. The summed E-state index contributed by atoms with van der Waals surface area (Å²) in [7, 11) is 0. The molecule has 0 fully saturated rings. The molecule has 0 spiro atoms. The molecular formula is C62H36N6. The molecule has 0 atom stereocenters. The lowest BCUT2D eigenvalue weighted by atomic mass is 9.93. The molecule has 68 heavy (non-hydrogen) atoms. The van der Waals surface area contributed by atoms with Gasteiger partial charge in [0.25, 0.3) is 0 Å². The van der Waals surface area contributed by atoms with Gasteiger partial charge in [0.2, 0.25) is 11.6 Å².